The molecule has 0 aliphatic rings. The van der Waals surface area contributed by atoms with Gasteiger partial charge < -0.3 is 20.9 Å². The topological polar surface area (TPSA) is 146 Å². The van der Waals surface area contributed by atoms with Crippen LogP contribution >= 0.6 is 12.4 Å². The third-order valence-electron chi connectivity index (χ3n) is 3.54. The second kappa shape index (κ2) is 11.6. The number of nitrogens with one attached hydrogen (secondary N) is 1. The van der Waals surface area contributed by atoms with E-state index in [0.717, 1.165) is 5.56 Å². The van der Waals surface area contributed by atoms with Crippen molar-refractivity contribution in [3.63, 3.8) is 0 Å². The molecule has 1 aromatic carbocycles. The number of aryl methyl sites for hydroxylation is 1. The molecule has 1 heterocycles. The Labute approximate surface area is 169 Å². The van der Waals surface area contributed by atoms with Crippen LogP contribution in [-0.2, 0) is 11.2 Å². The van der Waals surface area contributed by atoms with Crippen LogP contribution in [0.1, 0.15) is 24.6 Å². The van der Waals surface area contributed by atoms with Gasteiger partial charge in [-0.3, -0.25) is 10.0 Å². The van der Waals surface area contributed by atoms with Crippen LogP contribution in [-0.4, -0.2) is 34.3 Å². The van der Waals surface area contributed by atoms with Gasteiger partial charge in [-0.25, -0.2) is 10.5 Å². The molecule has 6 N–H and O–H groups in total. The molecular formula is C18H24ClN5O4. The molecule has 0 aliphatic carbocycles. The summed E-state index contributed by atoms with van der Waals surface area (Å²) in [7, 11) is 0. The third kappa shape index (κ3) is 6.93. The number of nitrogens with two attached hydrogens (primary N) is 2. The molecular weight excluding hydrogens is 386 g/mol. The predicted molar refractivity (Wildman–Crippen MR) is 108 cm³/mol. The van der Waals surface area contributed by atoms with E-state index in [1.54, 1.807) is 30.3 Å². The number of ether oxygens (including phenoxy) is 2. The number of nitrogens with zero attached hydrogens (tertiary/aromatic N) is 2. The van der Waals surface area contributed by atoms with E-state index in [9.17, 15) is 4.79 Å². The van der Waals surface area contributed by atoms with E-state index in [-0.39, 0.29) is 24.2 Å². The van der Waals surface area contributed by atoms with Gasteiger partial charge in [0.15, 0.2) is 11.6 Å². The molecule has 0 saturated carbocycles. The first-order valence-corrected chi connectivity index (χ1v) is 8.43. The molecule has 0 fully saturated rings. The summed E-state index contributed by atoms with van der Waals surface area (Å²) in [5.41, 5.74) is 14.4. The summed E-state index contributed by atoms with van der Waals surface area (Å²) in [4.78, 5) is 19.0. The maximum Gasteiger partial charge on any atom is 0.267 e. The highest BCUT2D eigenvalue weighted by Gasteiger charge is 2.11. The highest BCUT2D eigenvalue weighted by Crippen LogP contribution is 2.24. The molecule has 2 aromatic rings. The minimum atomic E-state index is -0.589. The molecule has 2 rings (SSSR count). The molecule has 0 bridgehead atoms. The van der Waals surface area contributed by atoms with Crippen molar-refractivity contribution in [2.75, 3.05) is 24.7 Å². The maximum atomic E-state index is 10.9. The van der Waals surface area contributed by atoms with Gasteiger partial charge in [0.05, 0.1) is 18.9 Å². The lowest BCUT2D eigenvalue weighted by Crippen LogP contribution is -2.14. The summed E-state index contributed by atoms with van der Waals surface area (Å²) in [6.07, 6.45) is 4.09. The molecule has 0 saturated heterocycles. The molecule has 1 amide bonds. The molecule has 0 spiro atoms. The molecule has 0 aliphatic heterocycles. The molecule has 1 aromatic heterocycles. The molecule has 28 heavy (non-hydrogen) atoms. The first-order chi connectivity index (χ1) is 13.0. The Morgan fingerprint density at radius 1 is 1.18 bits per heavy atom. The van der Waals surface area contributed by atoms with E-state index in [1.807, 2.05) is 6.92 Å². The van der Waals surface area contributed by atoms with Crippen LogP contribution in [0, 0.1) is 0 Å². The van der Waals surface area contributed by atoms with Crippen LogP contribution in [0.15, 0.2) is 30.3 Å². The van der Waals surface area contributed by atoms with E-state index in [1.165, 1.54) is 11.6 Å². The van der Waals surface area contributed by atoms with Crippen LogP contribution in [0.25, 0.3) is 6.08 Å². The van der Waals surface area contributed by atoms with Crippen molar-refractivity contribution in [1.29, 1.82) is 0 Å². The van der Waals surface area contributed by atoms with Crippen LogP contribution in [0.3, 0.4) is 0 Å². The largest absolute Gasteiger partial charge is 0.493 e. The van der Waals surface area contributed by atoms with Crippen molar-refractivity contribution in [3.8, 4) is 11.5 Å². The monoisotopic (exact) mass is 409 g/mol. The summed E-state index contributed by atoms with van der Waals surface area (Å²) >= 11 is 0. The number of carbonyl (C=O) groups excluding carboxylic acids is 1. The Balaban J connectivity index is 0.00000392. The van der Waals surface area contributed by atoms with Crippen LogP contribution in [0.2, 0.25) is 0 Å². The Bertz CT molecular complexity index is 799. The Hall–Kier alpha value is -3.04. The van der Waals surface area contributed by atoms with Crippen molar-refractivity contribution < 1.29 is 19.5 Å². The zero-order chi connectivity index (χ0) is 19.6. The lowest BCUT2D eigenvalue weighted by molar-refractivity contribution is -0.124. The van der Waals surface area contributed by atoms with Crippen molar-refractivity contribution >= 4 is 36.2 Å². The minimum absolute atomic E-state index is 0. The van der Waals surface area contributed by atoms with Gasteiger partial charge >= 0.3 is 0 Å². The fraction of sp³-hybridized carbons (Fsp3) is 0.278. The summed E-state index contributed by atoms with van der Waals surface area (Å²) < 4.78 is 11.3. The van der Waals surface area contributed by atoms with E-state index >= 15 is 0 Å². The SMILES string of the molecule is CCc1nc(N)nc(N)c1OCCCOc1ccc(/C=C/C(=O)NO)cc1.Cl. The number of rotatable bonds is 9. The van der Waals surface area contributed by atoms with Gasteiger partial charge in [0.1, 0.15) is 5.75 Å². The average molecular weight is 410 g/mol. The van der Waals surface area contributed by atoms with Gasteiger partial charge in [-0.15, -0.1) is 12.4 Å². The lowest BCUT2D eigenvalue weighted by Gasteiger charge is -2.12. The quantitative estimate of drug-likeness (QED) is 0.213. The summed E-state index contributed by atoms with van der Waals surface area (Å²) in [6, 6.07) is 7.18. The predicted octanol–water partition coefficient (Wildman–Crippen LogP) is 1.99. The van der Waals surface area contributed by atoms with Crippen molar-refractivity contribution in [2.24, 2.45) is 0 Å². The van der Waals surface area contributed by atoms with Crippen molar-refractivity contribution in [2.45, 2.75) is 19.8 Å². The summed E-state index contributed by atoms with van der Waals surface area (Å²) in [5.74, 6) is 0.945. The first-order valence-electron chi connectivity index (χ1n) is 8.43. The number of carbonyl (C=O) groups is 1. The smallest absolute Gasteiger partial charge is 0.267 e. The Kier molecular flexibility index (Phi) is 9.55. The van der Waals surface area contributed by atoms with E-state index in [2.05, 4.69) is 9.97 Å². The van der Waals surface area contributed by atoms with E-state index < -0.39 is 5.91 Å². The molecule has 152 valence electrons. The standard InChI is InChI=1S/C18H23N5O4.ClH/c1-2-14-16(17(19)22-18(20)21-14)27-11-3-10-26-13-7-4-12(5-8-13)6-9-15(24)23-25;/h4-9,25H,2-3,10-11H2,1H3,(H,23,24)(H4,19,20,21,22);1H/b9-6+;. The van der Waals surface area contributed by atoms with Gasteiger partial charge in [-0.2, -0.15) is 4.98 Å². The molecule has 0 radical (unpaired) electrons. The number of hydrogen-bond acceptors (Lipinski definition) is 8. The normalized spacial score (nSPS) is 10.4. The van der Waals surface area contributed by atoms with Crippen molar-refractivity contribution in [3.05, 3.63) is 41.6 Å². The minimum Gasteiger partial charge on any atom is -0.493 e. The zero-order valence-corrected chi connectivity index (χ0v) is 16.2. The molecule has 10 heteroatoms. The number of amides is 1. The number of anilines is 2. The summed E-state index contributed by atoms with van der Waals surface area (Å²) in [5, 5.41) is 8.43. The van der Waals surface area contributed by atoms with Crippen LogP contribution in [0.5, 0.6) is 11.5 Å². The average Bonchev–Trinajstić information content (AvgIpc) is 2.67. The summed E-state index contributed by atoms with van der Waals surface area (Å²) in [6.45, 7) is 2.80. The van der Waals surface area contributed by atoms with Gasteiger partial charge in [0.25, 0.3) is 5.91 Å². The number of hydroxylamine groups is 1. The number of aromatic nitrogens is 2. The Morgan fingerprint density at radius 2 is 1.86 bits per heavy atom. The van der Waals surface area contributed by atoms with Crippen molar-refractivity contribution in [1.82, 2.24) is 15.4 Å². The van der Waals surface area contributed by atoms with Crippen LogP contribution in [0.4, 0.5) is 11.8 Å². The fourth-order valence-corrected chi connectivity index (χ4v) is 2.24. The van der Waals surface area contributed by atoms with Gasteiger partial charge in [-0.1, -0.05) is 19.1 Å². The highest BCUT2D eigenvalue weighted by molar-refractivity contribution is 5.90. The molecule has 9 nitrogen and oxygen atoms in total. The number of halogens is 1. The van der Waals surface area contributed by atoms with Gasteiger partial charge in [0.2, 0.25) is 5.95 Å². The number of benzene rings is 1. The Morgan fingerprint density at radius 3 is 2.50 bits per heavy atom. The lowest BCUT2D eigenvalue weighted by atomic mass is 10.2. The number of nitrogen functional groups attached to an aromatic ring is 2. The van der Waals surface area contributed by atoms with Gasteiger partial charge in [-0.05, 0) is 30.2 Å². The highest BCUT2D eigenvalue weighted by atomic mass is 35.5. The molecule has 0 unspecified atom stereocenters. The van der Waals surface area contributed by atoms with Crippen LogP contribution < -0.4 is 26.4 Å². The number of hydrogen-bond donors (Lipinski definition) is 4. The zero-order valence-electron chi connectivity index (χ0n) is 15.4. The second-order valence-corrected chi connectivity index (χ2v) is 5.53. The molecule has 0 atom stereocenters. The third-order valence-corrected chi connectivity index (χ3v) is 3.54. The van der Waals surface area contributed by atoms with E-state index in [4.69, 9.17) is 26.1 Å². The first kappa shape index (κ1) is 23.0. The van der Waals surface area contributed by atoms with Gasteiger partial charge in [0, 0.05) is 12.5 Å². The fourth-order valence-electron chi connectivity index (χ4n) is 2.24. The maximum absolute atomic E-state index is 10.9. The second-order valence-electron chi connectivity index (χ2n) is 5.53. The van der Waals surface area contributed by atoms with E-state index in [0.29, 0.717) is 43.2 Å².